The average Bonchev–Trinajstić information content (AvgIpc) is 2.88. The first-order valence-corrected chi connectivity index (χ1v) is 12.4. The van der Waals surface area contributed by atoms with Crippen LogP contribution in [0.4, 0.5) is 0 Å². The highest BCUT2D eigenvalue weighted by Crippen LogP contribution is 2.42. The minimum atomic E-state index is -1.16. The highest BCUT2D eigenvalue weighted by atomic mass is 16.4. The van der Waals surface area contributed by atoms with Crippen LogP contribution in [0, 0.1) is 0 Å². The SMILES string of the molecule is CCC(=O)CCCCCCC(=O)c1ccc(C(=O)O)c(-c2c3ccc(=O)cc-3oc3cc(O)ccc23)c1. The lowest BCUT2D eigenvalue weighted by Gasteiger charge is -2.17. The normalized spacial score (nSPS) is 11.2. The number of unbranched alkanes of at least 4 members (excludes halogenated alkanes) is 3. The molecule has 2 aromatic rings. The third-order valence-electron chi connectivity index (χ3n) is 6.52. The molecule has 0 unspecified atom stereocenters. The number of aromatic hydroxyl groups is 1. The van der Waals surface area contributed by atoms with E-state index in [9.17, 15) is 29.4 Å². The van der Waals surface area contributed by atoms with E-state index in [2.05, 4.69) is 0 Å². The Morgan fingerprint density at radius 2 is 1.59 bits per heavy atom. The number of fused-ring (bicyclic) bond motifs is 2. The Balaban J connectivity index is 1.71. The van der Waals surface area contributed by atoms with Gasteiger partial charge in [-0.2, -0.15) is 0 Å². The van der Waals surface area contributed by atoms with Crippen molar-refractivity contribution in [1.82, 2.24) is 0 Å². The van der Waals surface area contributed by atoms with Crippen LogP contribution in [0.3, 0.4) is 0 Å². The van der Waals surface area contributed by atoms with Gasteiger partial charge in [0.05, 0.1) is 5.56 Å². The van der Waals surface area contributed by atoms with Crippen molar-refractivity contribution in [3.63, 3.8) is 0 Å². The summed E-state index contributed by atoms with van der Waals surface area (Å²) in [4.78, 5) is 48.6. The fourth-order valence-electron chi connectivity index (χ4n) is 4.54. The quantitative estimate of drug-likeness (QED) is 0.137. The molecule has 0 atom stereocenters. The van der Waals surface area contributed by atoms with E-state index in [0.717, 1.165) is 19.3 Å². The van der Waals surface area contributed by atoms with Crippen molar-refractivity contribution in [2.75, 3.05) is 0 Å². The van der Waals surface area contributed by atoms with Crippen LogP contribution >= 0.6 is 0 Å². The number of carboxylic acids is 1. The summed E-state index contributed by atoms with van der Waals surface area (Å²) in [5, 5.41) is 20.5. The third kappa shape index (κ3) is 5.77. The number of hydrogen-bond acceptors (Lipinski definition) is 6. The number of ketones is 2. The van der Waals surface area contributed by atoms with Crippen LogP contribution in [-0.2, 0) is 4.79 Å². The van der Waals surface area contributed by atoms with Gasteiger partial charge >= 0.3 is 5.97 Å². The lowest BCUT2D eigenvalue weighted by Crippen LogP contribution is -2.06. The fraction of sp³-hybridized carbons (Fsp3) is 0.267. The molecule has 2 aliphatic rings. The number of carbonyl (C=O) groups is 3. The van der Waals surface area contributed by atoms with E-state index in [-0.39, 0.29) is 39.7 Å². The average molecular weight is 501 g/mol. The highest BCUT2D eigenvalue weighted by Gasteiger charge is 2.23. The molecular weight excluding hydrogens is 472 g/mol. The van der Waals surface area contributed by atoms with Gasteiger partial charge in [-0.15, -0.1) is 0 Å². The van der Waals surface area contributed by atoms with Crippen molar-refractivity contribution in [1.29, 1.82) is 0 Å². The topological polar surface area (TPSA) is 122 Å². The number of aromatic carboxylic acids is 1. The lowest BCUT2D eigenvalue weighted by atomic mass is 9.88. The molecule has 190 valence electrons. The molecule has 0 bridgehead atoms. The second-order valence-electron chi connectivity index (χ2n) is 9.11. The third-order valence-corrected chi connectivity index (χ3v) is 6.52. The van der Waals surface area contributed by atoms with E-state index in [0.29, 0.717) is 53.3 Å². The zero-order valence-electron chi connectivity index (χ0n) is 20.6. The first-order chi connectivity index (χ1) is 17.8. The summed E-state index contributed by atoms with van der Waals surface area (Å²) in [6, 6.07) is 13.3. The van der Waals surface area contributed by atoms with Crippen LogP contribution in [0.5, 0.6) is 5.75 Å². The van der Waals surface area contributed by atoms with E-state index in [1.807, 2.05) is 6.92 Å². The van der Waals surface area contributed by atoms with Gasteiger partial charge < -0.3 is 14.6 Å². The first kappa shape index (κ1) is 25.8. The van der Waals surface area contributed by atoms with Crippen LogP contribution in [0.2, 0.25) is 0 Å². The number of Topliss-reactive ketones (excluding diaryl/α,β-unsaturated/α-hetero) is 2. The van der Waals surface area contributed by atoms with E-state index in [1.165, 1.54) is 36.4 Å². The van der Waals surface area contributed by atoms with Crippen LogP contribution in [0.15, 0.2) is 63.8 Å². The molecule has 0 aromatic heterocycles. The summed E-state index contributed by atoms with van der Waals surface area (Å²) in [5.74, 6) is -0.803. The van der Waals surface area contributed by atoms with Crippen LogP contribution in [0.1, 0.15) is 72.6 Å². The number of phenols is 1. The smallest absolute Gasteiger partial charge is 0.336 e. The second-order valence-corrected chi connectivity index (χ2v) is 9.11. The summed E-state index contributed by atoms with van der Waals surface area (Å²) in [6.45, 7) is 1.85. The second kappa shape index (κ2) is 11.2. The Hall–Kier alpha value is -4.26. The molecule has 37 heavy (non-hydrogen) atoms. The molecule has 1 aliphatic heterocycles. The Kier molecular flexibility index (Phi) is 7.82. The van der Waals surface area contributed by atoms with Crippen molar-refractivity contribution in [2.24, 2.45) is 0 Å². The molecular formula is C30H28O7. The molecule has 1 heterocycles. The van der Waals surface area contributed by atoms with Gasteiger partial charge in [-0.3, -0.25) is 14.4 Å². The van der Waals surface area contributed by atoms with Gasteiger partial charge in [0.2, 0.25) is 0 Å². The van der Waals surface area contributed by atoms with Gasteiger partial charge in [-0.05, 0) is 54.8 Å². The zero-order valence-corrected chi connectivity index (χ0v) is 20.6. The number of carboxylic acid groups (broad SMARTS) is 1. The van der Waals surface area contributed by atoms with E-state index in [1.54, 1.807) is 18.2 Å². The molecule has 7 heteroatoms. The van der Waals surface area contributed by atoms with Crippen LogP contribution in [0.25, 0.3) is 33.4 Å². The van der Waals surface area contributed by atoms with Gasteiger partial charge in [-0.1, -0.05) is 25.8 Å². The molecule has 2 N–H and O–H groups in total. The minimum absolute atomic E-state index is 0.00483. The standard InChI is InChI=1S/C30H28O7/c1-2-19(31)7-5-3-4-6-8-26(34)18-9-12-22(30(35)36)25(15-18)29-23-13-10-20(32)16-27(23)37-28-17-21(33)11-14-24(28)29/h9-17,32H,2-8H2,1H3,(H,35,36). The van der Waals surface area contributed by atoms with Gasteiger partial charge in [0.15, 0.2) is 11.2 Å². The van der Waals surface area contributed by atoms with E-state index in [4.69, 9.17) is 4.42 Å². The van der Waals surface area contributed by atoms with Crippen LogP contribution < -0.4 is 5.43 Å². The maximum atomic E-state index is 13.0. The summed E-state index contributed by atoms with van der Waals surface area (Å²) in [7, 11) is 0. The number of carbonyl (C=O) groups excluding carboxylic acids is 2. The molecule has 0 spiro atoms. The molecule has 2 aromatic carbocycles. The predicted molar refractivity (Wildman–Crippen MR) is 140 cm³/mol. The molecule has 1 aliphatic carbocycles. The highest BCUT2D eigenvalue weighted by molar-refractivity contribution is 6.09. The molecule has 4 rings (SSSR count). The van der Waals surface area contributed by atoms with Crippen molar-refractivity contribution < 1.29 is 29.0 Å². The summed E-state index contributed by atoms with van der Waals surface area (Å²) in [5.41, 5.74) is 1.75. The Labute approximate surface area is 213 Å². The molecule has 0 radical (unpaired) electrons. The monoisotopic (exact) mass is 500 g/mol. The molecule has 0 saturated carbocycles. The van der Waals surface area contributed by atoms with Crippen molar-refractivity contribution >= 4 is 28.5 Å². The van der Waals surface area contributed by atoms with Crippen LogP contribution in [-0.4, -0.2) is 27.7 Å². The molecule has 7 nitrogen and oxygen atoms in total. The first-order valence-electron chi connectivity index (χ1n) is 12.4. The maximum absolute atomic E-state index is 13.0. The number of phenolic OH excluding ortho intramolecular Hbond substituents is 1. The Morgan fingerprint density at radius 3 is 2.32 bits per heavy atom. The van der Waals surface area contributed by atoms with Gasteiger partial charge in [0, 0.05) is 53.5 Å². The minimum Gasteiger partial charge on any atom is -0.508 e. The van der Waals surface area contributed by atoms with Gasteiger partial charge in [0.1, 0.15) is 22.9 Å². The van der Waals surface area contributed by atoms with Crippen molar-refractivity contribution in [3.05, 3.63) is 75.9 Å². The summed E-state index contributed by atoms with van der Waals surface area (Å²) in [6.07, 6.45) is 4.64. The van der Waals surface area contributed by atoms with Gasteiger partial charge in [0.25, 0.3) is 0 Å². The predicted octanol–water partition coefficient (Wildman–Crippen LogP) is 6.47. The fourth-order valence-corrected chi connectivity index (χ4v) is 4.54. The Bertz CT molecular complexity index is 1510. The van der Waals surface area contributed by atoms with E-state index < -0.39 is 5.97 Å². The summed E-state index contributed by atoms with van der Waals surface area (Å²) >= 11 is 0. The largest absolute Gasteiger partial charge is 0.508 e. The van der Waals surface area contributed by atoms with Crippen molar-refractivity contribution in [2.45, 2.75) is 51.9 Å². The van der Waals surface area contributed by atoms with Gasteiger partial charge in [-0.25, -0.2) is 4.79 Å². The zero-order chi connectivity index (χ0) is 26.5. The number of rotatable bonds is 11. The maximum Gasteiger partial charge on any atom is 0.336 e. The van der Waals surface area contributed by atoms with Crippen molar-refractivity contribution in [3.8, 4) is 28.2 Å². The molecule has 0 saturated heterocycles. The summed E-state index contributed by atoms with van der Waals surface area (Å²) < 4.78 is 5.86. The van der Waals surface area contributed by atoms with E-state index >= 15 is 0 Å². The number of benzene rings is 3. The lowest BCUT2D eigenvalue weighted by molar-refractivity contribution is -0.118. The number of hydrogen-bond donors (Lipinski definition) is 2. The molecule has 0 amide bonds. The molecule has 0 fully saturated rings. The Morgan fingerprint density at radius 1 is 0.838 bits per heavy atom.